The zero-order chi connectivity index (χ0) is 33.3. The smallest absolute Gasteiger partial charge is 0.310 e. The van der Waals surface area contributed by atoms with Gasteiger partial charge in [-0.2, -0.15) is 5.26 Å². The van der Waals surface area contributed by atoms with Crippen molar-refractivity contribution in [3.05, 3.63) is 78.3 Å². The molecule has 13 heteroatoms. The van der Waals surface area contributed by atoms with Crippen LogP contribution in [0, 0.1) is 31.1 Å². The summed E-state index contributed by atoms with van der Waals surface area (Å²) in [5.74, 6) is -0.594. The summed E-state index contributed by atoms with van der Waals surface area (Å²) in [6.45, 7) is 8.68. The largest absolute Gasteiger partial charge is 0.466 e. The summed E-state index contributed by atoms with van der Waals surface area (Å²) in [5.41, 5.74) is 1.52. The lowest BCUT2D eigenvalue weighted by molar-refractivity contribution is -0.148. The molecule has 0 saturated carbocycles. The van der Waals surface area contributed by atoms with Crippen LogP contribution in [0.2, 0.25) is 0 Å². The number of esters is 1. The first-order valence-electron chi connectivity index (χ1n) is 15.3. The van der Waals surface area contributed by atoms with Crippen LogP contribution in [0.5, 0.6) is 0 Å². The van der Waals surface area contributed by atoms with Crippen LogP contribution in [0.25, 0.3) is 11.8 Å². The number of nitriles is 1. The molecule has 0 N–H and O–H groups in total. The average molecular weight is 661 g/mol. The minimum atomic E-state index is -0.471. The number of hydrogen-bond donors (Lipinski definition) is 0. The monoisotopic (exact) mass is 660 g/mol. The lowest BCUT2D eigenvalue weighted by Gasteiger charge is -2.36. The van der Waals surface area contributed by atoms with E-state index in [-0.39, 0.29) is 44.5 Å². The standard InChI is InChI=1S/C33H36N6O5S2/c1-6-15-37-28(36-16-11-12-22(19-36)32(43)44-7-2)24(20(3)25(18-34)29(37)40)17-26-30(41)38(33(45)46-26)27-21(4)35(5)39(31(27)42)23-13-9-8-10-14-23/h8-10,13-14,17,22H,6-7,11-12,15-16,19H2,1-5H3/b26-17-. The molecule has 2 aromatic heterocycles. The molecule has 1 aromatic carbocycles. The second-order valence-corrected chi connectivity index (χ2v) is 12.9. The van der Waals surface area contributed by atoms with Crippen LogP contribution < -0.4 is 20.9 Å². The van der Waals surface area contributed by atoms with Gasteiger partial charge >= 0.3 is 5.97 Å². The van der Waals surface area contributed by atoms with Crippen LogP contribution >= 0.6 is 24.0 Å². The van der Waals surface area contributed by atoms with Crippen molar-refractivity contribution in [2.45, 2.75) is 53.5 Å². The van der Waals surface area contributed by atoms with Crippen LogP contribution in [0.4, 0.5) is 11.5 Å². The Morgan fingerprint density at radius 2 is 1.87 bits per heavy atom. The normalized spacial score (nSPS) is 17.6. The third-order valence-electron chi connectivity index (χ3n) is 8.45. The molecular formula is C33H36N6O5S2. The fourth-order valence-corrected chi connectivity index (χ4v) is 7.39. The Labute approximate surface area is 276 Å². The van der Waals surface area contributed by atoms with Gasteiger partial charge in [0, 0.05) is 32.2 Å². The van der Waals surface area contributed by atoms with Crippen LogP contribution in [0.3, 0.4) is 0 Å². The molecule has 11 nitrogen and oxygen atoms in total. The number of para-hydroxylation sites is 1. The van der Waals surface area contributed by atoms with E-state index >= 15 is 0 Å². The molecule has 46 heavy (non-hydrogen) atoms. The average Bonchev–Trinajstić information content (AvgIpc) is 3.44. The van der Waals surface area contributed by atoms with Crippen molar-refractivity contribution in [3.63, 3.8) is 0 Å². The maximum absolute atomic E-state index is 14.1. The van der Waals surface area contributed by atoms with Gasteiger partial charge in [-0.3, -0.25) is 33.3 Å². The van der Waals surface area contributed by atoms with Crippen molar-refractivity contribution < 1.29 is 14.3 Å². The van der Waals surface area contributed by atoms with E-state index in [1.54, 1.807) is 43.1 Å². The Balaban J connectivity index is 1.65. The Hall–Kier alpha value is -4.41. The first-order valence-corrected chi connectivity index (χ1v) is 16.5. The number of benzene rings is 1. The highest BCUT2D eigenvalue weighted by Gasteiger charge is 2.39. The minimum absolute atomic E-state index is 0.0115. The Bertz CT molecular complexity index is 1920. The summed E-state index contributed by atoms with van der Waals surface area (Å²) in [7, 11) is 1.75. The molecule has 2 saturated heterocycles. The number of carbonyl (C=O) groups excluding carboxylic acids is 2. The molecule has 3 aromatic rings. The van der Waals surface area contributed by atoms with E-state index in [9.17, 15) is 24.4 Å². The summed E-state index contributed by atoms with van der Waals surface area (Å²) in [5, 5.41) is 10.0. The molecule has 0 spiro atoms. The van der Waals surface area contributed by atoms with Gasteiger partial charge in [0.25, 0.3) is 17.0 Å². The van der Waals surface area contributed by atoms with Gasteiger partial charge in [0.2, 0.25) is 0 Å². The number of aromatic nitrogens is 3. The predicted molar refractivity (Wildman–Crippen MR) is 183 cm³/mol. The summed E-state index contributed by atoms with van der Waals surface area (Å²) in [4.78, 5) is 57.8. The molecule has 4 heterocycles. The van der Waals surface area contributed by atoms with E-state index in [1.165, 1.54) is 9.58 Å². The van der Waals surface area contributed by atoms with Gasteiger partial charge in [0.15, 0.2) is 4.32 Å². The van der Waals surface area contributed by atoms with E-state index in [0.717, 1.165) is 11.8 Å². The van der Waals surface area contributed by atoms with Gasteiger partial charge in [-0.15, -0.1) is 0 Å². The van der Waals surface area contributed by atoms with Crippen molar-refractivity contribution >= 4 is 57.8 Å². The molecule has 1 atom stereocenters. The van der Waals surface area contributed by atoms with E-state index in [4.69, 9.17) is 17.0 Å². The number of rotatable bonds is 8. The number of thioether (sulfide) groups is 1. The molecule has 2 fully saturated rings. The minimum Gasteiger partial charge on any atom is -0.466 e. The van der Waals surface area contributed by atoms with E-state index in [1.807, 2.05) is 42.2 Å². The van der Waals surface area contributed by atoms with E-state index < -0.39 is 11.5 Å². The van der Waals surface area contributed by atoms with Gasteiger partial charge in [0.1, 0.15) is 23.1 Å². The van der Waals surface area contributed by atoms with Crippen molar-refractivity contribution in [1.82, 2.24) is 13.9 Å². The molecule has 2 aliphatic rings. The summed E-state index contributed by atoms with van der Waals surface area (Å²) in [6.07, 6.45) is 3.65. The Morgan fingerprint density at radius 1 is 1.15 bits per heavy atom. The SMILES string of the molecule is CCCn1c(N2CCCC(C(=O)OCC)C2)c(/C=C2\SC(=S)N(c3c(C)n(C)n(-c4ccccc4)c3=O)C2=O)c(C)c(C#N)c1=O. The van der Waals surface area contributed by atoms with Crippen molar-refractivity contribution in [1.29, 1.82) is 5.26 Å². The molecule has 240 valence electrons. The van der Waals surface area contributed by atoms with Gasteiger partial charge in [0.05, 0.1) is 28.8 Å². The highest BCUT2D eigenvalue weighted by atomic mass is 32.2. The Kier molecular flexibility index (Phi) is 9.69. The van der Waals surface area contributed by atoms with Gasteiger partial charge in [-0.1, -0.05) is 49.1 Å². The van der Waals surface area contributed by atoms with Gasteiger partial charge in [-0.25, -0.2) is 4.68 Å². The van der Waals surface area contributed by atoms with Crippen molar-refractivity contribution in [3.8, 4) is 11.8 Å². The number of hydrogen-bond acceptors (Lipinski definition) is 9. The zero-order valence-electron chi connectivity index (χ0n) is 26.5. The van der Waals surface area contributed by atoms with Gasteiger partial charge in [-0.05, 0) is 63.8 Å². The first kappa shape index (κ1) is 33.0. The highest BCUT2D eigenvalue weighted by Crippen LogP contribution is 2.39. The lowest BCUT2D eigenvalue weighted by atomic mass is 9.96. The van der Waals surface area contributed by atoms with Crippen molar-refractivity contribution in [2.75, 3.05) is 29.5 Å². The fourth-order valence-electron chi connectivity index (χ4n) is 6.14. The number of amides is 1. The molecular weight excluding hydrogens is 625 g/mol. The fraction of sp³-hybridized carbons (Fsp3) is 0.394. The van der Waals surface area contributed by atoms with E-state index in [0.29, 0.717) is 67.2 Å². The number of thiocarbonyl (C=S) groups is 1. The third-order valence-corrected chi connectivity index (χ3v) is 9.75. The molecule has 1 unspecified atom stereocenters. The van der Waals surface area contributed by atoms with Gasteiger partial charge < -0.3 is 9.64 Å². The highest BCUT2D eigenvalue weighted by molar-refractivity contribution is 8.27. The summed E-state index contributed by atoms with van der Waals surface area (Å²) < 4.78 is 10.3. The lowest BCUT2D eigenvalue weighted by Crippen LogP contribution is -2.43. The molecule has 0 bridgehead atoms. The van der Waals surface area contributed by atoms with Crippen LogP contribution in [0.15, 0.2) is 44.8 Å². The number of ether oxygens (including phenoxy) is 1. The molecule has 0 aliphatic carbocycles. The molecule has 2 aliphatic heterocycles. The topological polar surface area (TPSA) is 123 Å². The second-order valence-electron chi connectivity index (χ2n) is 11.3. The number of anilines is 2. The predicted octanol–water partition coefficient (Wildman–Crippen LogP) is 4.42. The summed E-state index contributed by atoms with van der Waals surface area (Å²) >= 11 is 6.74. The van der Waals surface area contributed by atoms with E-state index in [2.05, 4.69) is 6.07 Å². The maximum Gasteiger partial charge on any atom is 0.310 e. The van der Waals surface area contributed by atoms with Crippen LogP contribution in [-0.4, -0.2) is 49.8 Å². The third kappa shape index (κ3) is 5.71. The quantitative estimate of drug-likeness (QED) is 0.196. The number of carbonyl (C=O) groups is 2. The number of pyridine rings is 1. The molecule has 0 radical (unpaired) electrons. The molecule has 1 amide bonds. The first-order chi connectivity index (χ1) is 22.0. The van der Waals surface area contributed by atoms with Crippen LogP contribution in [0.1, 0.15) is 55.5 Å². The number of nitrogens with zero attached hydrogens (tertiary/aromatic N) is 6. The summed E-state index contributed by atoms with van der Waals surface area (Å²) in [6, 6.07) is 11.2. The maximum atomic E-state index is 14.1. The Morgan fingerprint density at radius 3 is 2.52 bits per heavy atom. The number of piperidine rings is 1. The second kappa shape index (κ2) is 13.5. The zero-order valence-corrected chi connectivity index (χ0v) is 28.2. The van der Waals surface area contributed by atoms with Crippen LogP contribution in [-0.2, 0) is 27.9 Å². The van der Waals surface area contributed by atoms with Crippen molar-refractivity contribution in [2.24, 2.45) is 13.0 Å². The molecule has 5 rings (SSSR count).